The molecule has 20 heavy (non-hydrogen) atoms. The molecule has 3 rings (SSSR count). The van der Waals surface area contributed by atoms with Crippen LogP contribution in [0.5, 0.6) is 0 Å². The Bertz CT molecular complexity index is 908. The van der Waals surface area contributed by atoms with E-state index in [9.17, 15) is 4.79 Å². The van der Waals surface area contributed by atoms with Crippen LogP contribution in [-0.2, 0) is 0 Å². The molecule has 0 aliphatic heterocycles. The minimum atomic E-state index is -0.670. The van der Waals surface area contributed by atoms with Gasteiger partial charge in [0.05, 0.1) is 11.2 Å². The number of nitrogens with two attached hydrogens (primary N) is 1. The molecule has 0 atom stereocenters. The Kier molecular flexibility index (Phi) is 2.78. The summed E-state index contributed by atoms with van der Waals surface area (Å²) in [6, 6.07) is 7.71. The van der Waals surface area contributed by atoms with Gasteiger partial charge in [0.25, 0.3) is 5.91 Å². The number of hydrogen-bond donors (Lipinski definition) is 1. The average Bonchev–Trinajstić information content (AvgIpc) is 2.77. The van der Waals surface area contributed by atoms with E-state index < -0.39 is 5.91 Å². The number of anilines is 1. The molecule has 2 N–H and O–H groups in total. The van der Waals surface area contributed by atoms with Crippen LogP contribution < -0.4 is 5.73 Å². The van der Waals surface area contributed by atoms with Crippen molar-refractivity contribution in [3.63, 3.8) is 0 Å². The first kappa shape index (κ1) is 12.4. The van der Waals surface area contributed by atoms with Crippen LogP contribution >= 0.6 is 11.3 Å². The molecule has 0 unspecified atom stereocenters. The predicted molar refractivity (Wildman–Crippen MR) is 79.8 cm³/mol. The van der Waals surface area contributed by atoms with Crippen LogP contribution in [0.25, 0.3) is 31.6 Å². The molecule has 7 heteroatoms. The van der Waals surface area contributed by atoms with E-state index in [-0.39, 0.29) is 4.88 Å². The van der Waals surface area contributed by atoms with Gasteiger partial charge in [-0.3, -0.25) is 4.79 Å². The lowest BCUT2D eigenvalue weighted by molar-refractivity contribution is 0.100. The number of carbonyl (C=O) groups is 1. The Labute approximate surface area is 117 Å². The minimum absolute atomic E-state index is 0.240. The first-order valence-electron chi connectivity index (χ1n) is 5.80. The zero-order valence-corrected chi connectivity index (χ0v) is 11.3. The third-order valence-electron chi connectivity index (χ3n) is 3.16. The first-order valence-corrected chi connectivity index (χ1v) is 6.62. The van der Waals surface area contributed by atoms with Gasteiger partial charge in [0.15, 0.2) is 0 Å². The van der Waals surface area contributed by atoms with Gasteiger partial charge >= 0.3 is 0 Å². The van der Waals surface area contributed by atoms with Crippen molar-refractivity contribution in [2.75, 3.05) is 5.73 Å². The van der Waals surface area contributed by atoms with Gasteiger partial charge in [-0.1, -0.05) is 18.2 Å². The Morgan fingerprint density at radius 1 is 1.45 bits per heavy atom. The lowest BCUT2D eigenvalue weighted by Crippen LogP contribution is -1.96. The van der Waals surface area contributed by atoms with Gasteiger partial charge in [-0.2, -0.15) is 0 Å². The van der Waals surface area contributed by atoms with Crippen molar-refractivity contribution in [3.05, 3.63) is 45.1 Å². The van der Waals surface area contributed by atoms with Crippen molar-refractivity contribution in [2.24, 2.45) is 5.11 Å². The molecule has 1 amide bonds. The highest BCUT2D eigenvalue weighted by Crippen LogP contribution is 2.37. The highest BCUT2D eigenvalue weighted by molar-refractivity contribution is 7.21. The van der Waals surface area contributed by atoms with E-state index in [0.717, 1.165) is 33.2 Å². The number of aryl methyl sites for hydroxylation is 1. The summed E-state index contributed by atoms with van der Waals surface area (Å²) < 4.78 is 0. The number of rotatable bonds is 1. The van der Waals surface area contributed by atoms with Crippen LogP contribution in [0.2, 0.25) is 0 Å². The number of carbonyl (C=O) groups excluding carboxylic acids is 1. The van der Waals surface area contributed by atoms with Crippen molar-refractivity contribution in [2.45, 2.75) is 6.92 Å². The number of amides is 1. The van der Waals surface area contributed by atoms with Crippen molar-refractivity contribution >= 4 is 44.1 Å². The fraction of sp³-hybridized carbons (Fsp3) is 0.0769. The molecule has 6 nitrogen and oxygen atoms in total. The maximum Gasteiger partial charge on any atom is 0.261 e. The third kappa shape index (κ3) is 1.69. The average molecular weight is 283 g/mol. The summed E-state index contributed by atoms with van der Waals surface area (Å²) in [4.78, 5) is 19.7. The summed E-state index contributed by atoms with van der Waals surface area (Å²) >= 11 is 1.15. The Morgan fingerprint density at radius 2 is 2.20 bits per heavy atom. The smallest absolute Gasteiger partial charge is 0.261 e. The SMILES string of the molecule is Cc1c2ccccc2nc2sc(C(=O)N=[N+]=[N-])c(N)c12. The van der Waals surface area contributed by atoms with E-state index in [2.05, 4.69) is 15.0 Å². The molecule has 2 heterocycles. The second-order valence-electron chi connectivity index (χ2n) is 4.27. The van der Waals surface area contributed by atoms with E-state index >= 15 is 0 Å². The molecule has 2 aromatic heterocycles. The Balaban J connectivity index is 2.42. The highest BCUT2D eigenvalue weighted by Gasteiger charge is 2.18. The summed E-state index contributed by atoms with van der Waals surface area (Å²) in [6.45, 7) is 1.94. The maximum atomic E-state index is 11.7. The molecule has 3 aromatic rings. The zero-order valence-electron chi connectivity index (χ0n) is 10.5. The van der Waals surface area contributed by atoms with Crippen LogP contribution in [0.3, 0.4) is 0 Å². The number of pyridine rings is 1. The van der Waals surface area contributed by atoms with E-state index in [1.165, 1.54) is 0 Å². The number of thiophene rings is 1. The van der Waals surface area contributed by atoms with Crippen LogP contribution in [-0.4, -0.2) is 10.9 Å². The molecule has 0 aliphatic carbocycles. The largest absolute Gasteiger partial charge is 0.397 e. The number of para-hydroxylation sites is 1. The standard InChI is InChI=1S/C13H9N5OS/c1-6-7-4-2-3-5-8(7)16-13-9(6)10(14)11(20-13)12(19)17-18-15/h2-5H,14H2,1H3. The fourth-order valence-electron chi connectivity index (χ4n) is 2.25. The van der Waals surface area contributed by atoms with Crippen LogP contribution in [0, 0.1) is 6.92 Å². The number of hydrogen-bond acceptors (Lipinski definition) is 4. The molecule has 0 bridgehead atoms. The zero-order chi connectivity index (χ0) is 14.3. The van der Waals surface area contributed by atoms with Crippen LogP contribution in [0.15, 0.2) is 29.4 Å². The molecule has 98 valence electrons. The van der Waals surface area contributed by atoms with Crippen LogP contribution in [0.4, 0.5) is 5.69 Å². The van der Waals surface area contributed by atoms with E-state index in [1.54, 1.807) is 0 Å². The summed E-state index contributed by atoms with van der Waals surface area (Å²) in [6.07, 6.45) is 0. The van der Waals surface area contributed by atoms with Gasteiger partial charge < -0.3 is 5.73 Å². The lowest BCUT2D eigenvalue weighted by Gasteiger charge is -2.03. The number of benzene rings is 1. The number of azide groups is 1. The molecule has 0 fully saturated rings. The van der Waals surface area contributed by atoms with E-state index in [4.69, 9.17) is 11.3 Å². The first-order chi connectivity index (χ1) is 9.63. The van der Waals surface area contributed by atoms with Crippen molar-refractivity contribution in [3.8, 4) is 0 Å². The second-order valence-corrected chi connectivity index (χ2v) is 5.27. The van der Waals surface area contributed by atoms with Gasteiger partial charge in [-0.15, -0.1) is 11.3 Å². The van der Waals surface area contributed by atoms with Gasteiger partial charge in [-0.05, 0) is 29.2 Å². The topological polar surface area (TPSA) is 105 Å². The summed E-state index contributed by atoms with van der Waals surface area (Å²) in [7, 11) is 0. The van der Waals surface area contributed by atoms with Crippen molar-refractivity contribution in [1.29, 1.82) is 0 Å². The quantitative estimate of drug-likeness (QED) is 0.417. The summed E-state index contributed by atoms with van der Waals surface area (Å²) in [5, 5.41) is 4.84. The van der Waals surface area contributed by atoms with Gasteiger partial charge in [-0.25, -0.2) is 4.98 Å². The fourth-order valence-corrected chi connectivity index (χ4v) is 3.29. The maximum absolute atomic E-state index is 11.7. The minimum Gasteiger partial charge on any atom is -0.397 e. The van der Waals surface area contributed by atoms with Crippen LogP contribution in [0.1, 0.15) is 15.2 Å². The Morgan fingerprint density at radius 3 is 2.95 bits per heavy atom. The number of fused-ring (bicyclic) bond motifs is 2. The molecule has 0 saturated heterocycles. The second kappa shape index (κ2) is 4.48. The van der Waals surface area contributed by atoms with E-state index in [0.29, 0.717) is 10.5 Å². The lowest BCUT2D eigenvalue weighted by atomic mass is 10.1. The van der Waals surface area contributed by atoms with Gasteiger partial charge in [0.1, 0.15) is 9.71 Å². The molecule has 0 radical (unpaired) electrons. The monoisotopic (exact) mass is 283 g/mol. The molecule has 0 aliphatic rings. The number of nitrogen functional groups attached to an aromatic ring is 1. The van der Waals surface area contributed by atoms with E-state index in [1.807, 2.05) is 31.2 Å². The normalized spacial score (nSPS) is 10.7. The summed E-state index contributed by atoms with van der Waals surface area (Å²) in [5.41, 5.74) is 16.5. The van der Waals surface area contributed by atoms with Crippen molar-refractivity contribution < 1.29 is 4.79 Å². The Hall–Kier alpha value is -2.63. The number of nitrogens with zero attached hydrogens (tertiary/aromatic N) is 4. The molecule has 1 aromatic carbocycles. The molecular weight excluding hydrogens is 274 g/mol. The molecular formula is C13H9N5OS. The van der Waals surface area contributed by atoms with Crippen molar-refractivity contribution in [1.82, 2.24) is 4.98 Å². The van der Waals surface area contributed by atoms with Gasteiger partial charge in [0, 0.05) is 15.7 Å². The number of aromatic nitrogens is 1. The predicted octanol–water partition coefficient (Wildman–Crippen LogP) is 3.79. The molecule has 0 saturated carbocycles. The third-order valence-corrected chi connectivity index (χ3v) is 4.25. The molecule has 0 spiro atoms. The van der Waals surface area contributed by atoms with Gasteiger partial charge in [0.2, 0.25) is 0 Å². The highest BCUT2D eigenvalue weighted by atomic mass is 32.1. The summed E-state index contributed by atoms with van der Waals surface area (Å²) in [5.74, 6) is -0.670.